The van der Waals surface area contributed by atoms with Crippen molar-refractivity contribution in [3.05, 3.63) is 36.7 Å². The van der Waals surface area contributed by atoms with E-state index in [9.17, 15) is 9.90 Å². The molecule has 7 nitrogen and oxygen atoms in total. The van der Waals surface area contributed by atoms with Gasteiger partial charge < -0.3 is 21.1 Å². The van der Waals surface area contributed by atoms with Crippen molar-refractivity contribution in [2.24, 2.45) is 0 Å². The Bertz CT molecular complexity index is 654. The van der Waals surface area contributed by atoms with E-state index in [1.807, 2.05) is 29.2 Å². The molecule has 1 aliphatic heterocycles. The Kier molecular flexibility index (Phi) is 3.49. The molecule has 0 spiro atoms. The van der Waals surface area contributed by atoms with Crippen LogP contribution in [0.25, 0.3) is 0 Å². The number of benzene rings is 1. The molecule has 7 heteroatoms. The van der Waals surface area contributed by atoms with E-state index in [2.05, 4.69) is 10.4 Å². The number of hydrogen-bond donors (Lipinski definition) is 3. The molecule has 1 amide bonds. The summed E-state index contributed by atoms with van der Waals surface area (Å²) in [4.78, 5) is 13.6. The number of para-hydroxylation sites is 2. The van der Waals surface area contributed by atoms with Crippen molar-refractivity contribution in [1.29, 1.82) is 0 Å². The van der Waals surface area contributed by atoms with E-state index in [1.54, 1.807) is 10.9 Å². The van der Waals surface area contributed by atoms with Crippen molar-refractivity contribution < 1.29 is 9.90 Å². The normalized spacial score (nSPS) is 15.5. The first kappa shape index (κ1) is 13.4. The molecule has 1 aromatic heterocycles. The summed E-state index contributed by atoms with van der Waals surface area (Å²) in [6.45, 7) is 0.914. The van der Waals surface area contributed by atoms with Gasteiger partial charge in [0.15, 0.2) is 0 Å². The maximum atomic E-state index is 11.7. The van der Waals surface area contributed by atoms with Gasteiger partial charge in [0.25, 0.3) is 0 Å². The van der Waals surface area contributed by atoms with E-state index in [0.29, 0.717) is 18.8 Å². The number of β-amino-alcohol motifs (C(OH)–C–C–N with tert-alkyl or cyclic N) is 1. The molecule has 0 radical (unpaired) electrons. The van der Waals surface area contributed by atoms with Gasteiger partial charge in [-0.1, -0.05) is 12.1 Å². The van der Waals surface area contributed by atoms with E-state index >= 15 is 0 Å². The third-order valence-corrected chi connectivity index (χ3v) is 3.34. The minimum atomic E-state index is -0.650. The van der Waals surface area contributed by atoms with E-state index in [-0.39, 0.29) is 12.5 Å². The number of hydrogen-bond acceptors (Lipinski definition) is 5. The number of nitrogens with two attached hydrogens (primary N) is 1. The molecule has 0 saturated heterocycles. The predicted octanol–water partition coefficient (Wildman–Crippen LogP) is 0.285. The quantitative estimate of drug-likeness (QED) is 0.751. The average molecular weight is 287 g/mol. The molecule has 110 valence electrons. The minimum absolute atomic E-state index is 0.0794. The molecule has 21 heavy (non-hydrogen) atoms. The van der Waals surface area contributed by atoms with Crippen molar-refractivity contribution in [2.75, 3.05) is 29.0 Å². The zero-order chi connectivity index (χ0) is 14.8. The molecule has 0 saturated carbocycles. The van der Waals surface area contributed by atoms with Gasteiger partial charge >= 0.3 is 0 Å². The van der Waals surface area contributed by atoms with Crippen LogP contribution in [0.3, 0.4) is 0 Å². The van der Waals surface area contributed by atoms with E-state index < -0.39 is 6.10 Å². The highest BCUT2D eigenvalue weighted by Gasteiger charge is 2.23. The van der Waals surface area contributed by atoms with Crippen LogP contribution in [-0.4, -0.2) is 40.0 Å². The fourth-order valence-corrected chi connectivity index (χ4v) is 2.47. The van der Waals surface area contributed by atoms with Crippen LogP contribution >= 0.6 is 0 Å². The van der Waals surface area contributed by atoms with E-state index in [1.165, 1.54) is 6.20 Å². The number of aliphatic hydroxyl groups is 1. The number of nitrogens with one attached hydrogen (secondary N) is 1. The monoisotopic (exact) mass is 287 g/mol. The molecule has 3 rings (SSSR count). The topological polar surface area (TPSA) is 96.4 Å². The van der Waals surface area contributed by atoms with Gasteiger partial charge in [-0.25, -0.2) is 0 Å². The minimum Gasteiger partial charge on any atom is -0.396 e. The summed E-state index contributed by atoms with van der Waals surface area (Å²) < 4.78 is 1.59. The molecular weight excluding hydrogens is 270 g/mol. The molecule has 1 atom stereocenters. The second-order valence-electron chi connectivity index (χ2n) is 5.10. The Morgan fingerprint density at radius 2 is 2.19 bits per heavy atom. The number of carbonyl (C=O) groups is 1. The first-order chi connectivity index (χ1) is 10.1. The summed E-state index contributed by atoms with van der Waals surface area (Å²) in [5.41, 5.74) is 7.83. The van der Waals surface area contributed by atoms with Crippen LogP contribution < -0.4 is 16.0 Å². The molecule has 4 N–H and O–H groups in total. The summed E-state index contributed by atoms with van der Waals surface area (Å²) in [6, 6.07) is 7.54. The van der Waals surface area contributed by atoms with Crippen LogP contribution in [0.2, 0.25) is 0 Å². The summed E-state index contributed by atoms with van der Waals surface area (Å²) in [6.07, 6.45) is 2.56. The Morgan fingerprint density at radius 1 is 1.38 bits per heavy atom. The van der Waals surface area contributed by atoms with Crippen molar-refractivity contribution in [1.82, 2.24) is 9.78 Å². The van der Waals surface area contributed by atoms with Crippen molar-refractivity contribution in [2.45, 2.75) is 12.6 Å². The first-order valence-corrected chi connectivity index (χ1v) is 6.71. The van der Waals surface area contributed by atoms with Gasteiger partial charge in [-0.05, 0) is 12.1 Å². The number of aromatic nitrogens is 2. The molecular formula is C14H17N5O2. The highest BCUT2D eigenvalue weighted by molar-refractivity contribution is 6.01. The number of anilines is 3. The van der Waals surface area contributed by atoms with E-state index in [4.69, 9.17) is 5.73 Å². The van der Waals surface area contributed by atoms with Crippen LogP contribution in [0.15, 0.2) is 36.7 Å². The molecule has 2 aromatic rings. The molecule has 1 aliphatic rings. The predicted molar refractivity (Wildman–Crippen MR) is 79.9 cm³/mol. The maximum absolute atomic E-state index is 11.7. The van der Waals surface area contributed by atoms with Crippen LogP contribution in [0, 0.1) is 0 Å². The molecule has 0 fully saturated rings. The third kappa shape index (κ3) is 2.97. The fourth-order valence-electron chi connectivity index (χ4n) is 2.47. The maximum Gasteiger partial charge on any atom is 0.243 e. The van der Waals surface area contributed by atoms with Gasteiger partial charge in [0, 0.05) is 12.7 Å². The Hall–Kier alpha value is -2.54. The lowest BCUT2D eigenvalue weighted by molar-refractivity contribution is -0.115. The highest BCUT2D eigenvalue weighted by Crippen LogP contribution is 2.28. The van der Waals surface area contributed by atoms with Gasteiger partial charge in [0.1, 0.15) is 0 Å². The summed E-state index contributed by atoms with van der Waals surface area (Å²) in [5, 5.41) is 17.1. The highest BCUT2D eigenvalue weighted by atomic mass is 16.3. The molecule has 0 aliphatic carbocycles. The Morgan fingerprint density at radius 3 is 2.95 bits per heavy atom. The number of nitrogen functional groups attached to an aromatic ring is 1. The Balaban J connectivity index is 1.71. The number of amides is 1. The number of carbonyl (C=O) groups excluding carboxylic acids is 1. The summed E-state index contributed by atoms with van der Waals surface area (Å²) in [7, 11) is 0. The molecule has 0 bridgehead atoms. The van der Waals surface area contributed by atoms with Gasteiger partial charge in [-0.15, -0.1) is 0 Å². The smallest absolute Gasteiger partial charge is 0.243 e. The largest absolute Gasteiger partial charge is 0.396 e. The van der Waals surface area contributed by atoms with Crippen molar-refractivity contribution >= 4 is 23.0 Å². The summed E-state index contributed by atoms with van der Waals surface area (Å²) >= 11 is 0. The van der Waals surface area contributed by atoms with E-state index in [0.717, 1.165) is 11.4 Å². The van der Waals surface area contributed by atoms with Gasteiger partial charge in [0.2, 0.25) is 5.91 Å². The zero-order valence-electron chi connectivity index (χ0n) is 11.4. The van der Waals surface area contributed by atoms with Crippen molar-refractivity contribution in [3.8, 4) is 0 Å². The first-order valence-electron chi connectivity index (χ1n) is 6.71. The van der Waals surface area contributed by atoms with Gasteiger partial charge in [-0.2, -0.15) is 5.10 Å². The third-order valence-electron chi connectivity index (χ3n) is 3.34. The second-order valence-corrected chi connectivity index (χ2v) is 5.10. The fraction of sp³-hybridized carbons (Fsp3) is 0.286. The number of fused-ring (bicyclic) bond motifs is 1. The second kappa shape index (κ2) is 5.45. The van der Waals surface area contributed by atoms with Gasteiger partial charge in [0.05, 0.1) is 42.5 Å². The van der Waals surface area contributed by atoms with Crippen LogP contribution in [0.4, 0.5) is 17.1 Å². The molecule has 1 aromatic carbocycles. The lowest BCUT2D eigenvalue weighted by atomic mass is 10.1. The van der Waals surface area contributed by atoms with Crippen LogP contribution in [-0.2, 0) is 11.3 Å². The summed E-state index contributed by atoms with van der Waals surface area (Å²) in [5.74, 6) is -0.0794. The molecule has 2 heterocycles. The number of aliphatic hydroxyl groups excluding tert-OH is 1. The number of rotatable bonds is 4. The lowest BCUT2D eigenvalue weighted by Crippen LogP contribution is -2.43. The average Bonchev–Trinajstić information content (AvgIpc) is 2.83. The SMILES string of the molecule is Nc1cnn(CC(O)CN2CC(=O)Nc3ccccc32)c1. The molecule has 1 unspecified atom stereocenters. The van der Waals surface area contributed by atoms with Crippen LogP contribution in [0.5, 0.6) is 0 Å². The van der Waals surface area contributed by atoms with Crippen molar-refractivity contribution in [3.63, 3.8) is 0 Å². The Labute approximate surface area is 122 Å². The van der Waals surface area contributed by atoms with Gasteiger partial charge in [-0.3, -0.25) is 9.48 Å². The van der Waals surface area contributed by atoms with Crippen LogP contribution in [0.1, 0.15) is 0 Å². The standard InChI is InChI=1S/C14H17N5O2/c15-10-5-16-19(6-10)8-11(20)7-18-9-14(21)17-12-3-1-2-4-13(12)18/h1-6,11,20H,7-9,15H2,(H,17,21). The zero-order valence-corrected chi connectivity index (χ0v) is 11.4. The number of nitrogens with zero attached hydrogens (tertiary/aromatic N) is 3. The lowest BCUT2D eigenvalue weighted by Gasteiger charge is -2.32.